The van der Waals surface area contributed by atoms with Crippen molar-refractivity contribution in [3.8, 4) is 5.75 Å². The summed E-state index contributed by atoms with van der Waals surface area (Å²) in [6, 6.07) is 3.35. The minimum atomic E-state index is -0.983. The SMILES string of the molecule is CCCCCCCCCCCCCCCC(=O)N[C@@H](COC(=O)OCc1cc(=O)oc2cc(O)c(Br)cc12)[C@H](O)CCCCCCCCCCCCCCC. The van der Waals surface area contributed by atoms with Crippen molar-refractivity contribution in [2.45, 2.75) is 212 Å². The van der Waals surface area contributed by atoms with E-state index in [1.54, 1.807) is 6.07 Å². The molecular formula is C45H74BrNO8. The molecule has 0 aliphatic heterocycles. The van der Waals surface area contributed by atoms with Crippen molar-refractivity contribution in [1.82, 2.24) is 5.32 Å². The van der Waals surface area contributed by atoms with Crippen LogP contribution in [0.25, 0.3) is 11.0 Å². The van der Waals surface area contributed by atoms with E-state index in [1.165, 1.54) is 141 Å². The Labute approximate surface area is 340 Å². The Hall–Kier alpha value is -2.59. The lowest BCUT2D eigenvalue weighted by Crippen LogP contribution is -2.46. The number of unbranched alkanes of at least 4 members (excludes halogenated alkanes) is 24. The van der Waals surface area contributed by atoms with E-state index in [0.717, 1.165) is 38.5 Å². The molecule has 1 aromatic carbocycles. The maximum absolute atomic E-state index is 13.0. The lowest BCUT2D eigenvalue weighted by molar-refractivity contribution is -0.123. The van der Waals surface area contributed by atoms with Gasteiger partial charge in [-0.05, 0) is 34.8 Å². The molecule has 3 N–H and O–H groups in total. The van der Waals surface area contributed by atoms with E-state index in [2.05, 4.69) is 35.1 Å². The van der Waals surface area contributed by atoms with Crippen molar-refractivity contribution in [2.75, 3.05) is 6.61 Å². The van der Waals surface area contributed by atoms with Gasteiger partial charge in [-0.1, -0.05) is 174 Å². The van der Waals surface area contributed by atoms with Gasteiger partial charge in [0.05, 0.1) is 16.6 Å². The van der Waals surface area contributed by atoms with E-state index in [-0.39, 0.29) is 30.5 Å². The summed E-state index contributed by atoms with van der Waals surface area (Å²) in [6.07, 6.45) is 31.0. The summed E-state index contributed by atoms with van der Waals surface area (Å²) < 4.78 is 16.3. The Morgan fingerprint density at radius 3 is 1.67 bits per heavy atom. The minimum Gasteiger partial charge on any atom is -0.507 e. The zero-order valence-electron chi connectivity index (χ0n) is 34.3. The first kappa shape index (κ1) is 48.6. The highest BCUT2D eigenvalue weighted by Gasteiger charge is 2.23. The lowest BCUT2D eigenvalue weighted by Gasteiger charge is -2.24. The minimum absolute atomic E-state index is 0.0901. The summed E-state index contributed by atoms with van der Waals surface area (Å²) in [5.74, 6) is -0.251. The van der Waals surface area contributed by atoms with Crippen LogP contribution in [0, 0.1) is 0 Å². The van der Waals surface area contributed by atoms with Gasteiger partial charge in [0.15, 0.2) is 0 Å². The first-order valence-electron chi connectivity index (χ1n) is 22.0. The van der Waals surface area contributed by atoms with E-state index in [1.807, 2.05) is 0 Å². The molecule has 1 amide bonds. The van der Waals surface area contributed by atoms with Gasteiger partial charge in [-0.25, -0.2) is 9.59 Å². The van der Waals surface area contributed by atoms with Gasteiger partial charge < -0.3 is 29.4 Å². The number of aliphatic hydroxyl groups excluding tert-OH is 1. The maximum Gasteiger partial charge on any atom is 0.508 e. The molecule has 0 saturated heterocycles. The third kappa shape index (κ3) is 23.3. The second-order valence-electron chi connectivity index (χ2n) is 15.5. The van der Waals surface area contributed by atoms with Gasteiger partial charge in [0.2, 0.25) is 5.91 Å². The van der Waals surface area contributed by atoms with Crippen LogP contribution in [0.3, 0.4) is 0 Å². The first-order valence-corrected chi connectivity index (χ1v) is 22.8. The van der Waals surface area contributed by atoms with Gasteiger partial charge in [-0.15, -0.1) is 0 Å². The van der Waals surface area contributed by atoms with Crippen molar-refractivity contribution >= 4 is 39.0 Å². The number of amides is 1. The van der Waals surface area contributed by atoms with Crippen LogP contribution in [0.4, 0.5) is 4.79 Å². The largest absolute Gasteiger partial charge is 0.508 e. The number of hydrogen-bond donors (Lipinski definition) is 3. The van der Waals surface area contributed by atoms with E-state index < -0.39 is 23.9 Å². The number of phenolic OH excluding ortho intramolecular Hbond substituents is 1. The molecule has 1 aromatic heterocycles. The Kier molecular flexibility index (Phi) is 27.8. The fourth-order valence-corrected chi connectivity index (χ4v) is 7.44. The predicted molar refractivity (Wildman–Crippen MR) is 227 cm³/mol. The quantitative estimate of drug-likeness (QED) is 0.0360. The standard InChI is InChI=1S/C45H74BrNO8/c1-3-5-7-9-11-13-15-17-19-21-23-25-27-29-40(48)39(47-43(50)30-28-26-24-22-20-18-16-14-12-10-8-6-4-2)35-54-45(52)53-34-36-31-44(51)55-42-33-41(49)38(46)32-37(36)42/h31-33,39-40,48-49H,3-30,34-35H2,1-2H3,(H,47,50)/t39-,40+/m0/s1. The summed E-state index contributed by atoms with van der Waals surface area (Å²) in [6.45, 7) is 4.00. The van der Waals surface area contributed by atoms with Gasteiger partial charge in [0, 0.05) is 29.5 Å². The molecule has 10 heteroatoms. The average molecular weight is 837 g/mol. The molecule has 2 rings (SSSR count). The third-order valence-electron chi connectivity index (χ3n) is 10.5. The highest BCUT2D eigenvalue weighted by molar-refractivity contribution is 9.10. The molecule has 0 fully saturated rings. The van der Waals surface area contributed by atoms with Crippen molar-refractivity contribution in [1.29, 1.82) is 0 Å². The second-order valence-corrected chi connectivity index (χ2v) is 16.4. The van der Waals surface area contributed by atoms with Gasteiger partial charge in [-0.2, -0.15) is 0 Å². The van der Waals surface area contributed by atoms with E-state index in [4.69, 9.17) is 13.9 Å². The highest BCUT2D eigenvalue weighted by Crippen LogP contribution is 2.30. The molecule has 0 aliphatic carbocycles. The van der Waals surface area contributed by atoms with Crippen LogP contribution in [0.5, 0.6) is 5.75 Å². The van der Waals surface area contributed by atoms with Gasteiger partial charge in [0.1, 0.15) is 24.5 Å². The van der Waals surface area contributed by atoms with Crippen LogP contribution in [0.1, 0.15) is 199 Å². The Bertz CT molecular complexity index is 1360. The number of fused-ring (bicyclic) bond motifs is 1. The third-order valence-corrected chi connectivity index (χ3v) is 11.2. The van der Waals surface area contributed by atoms with Crippen LogP contribution in [0.2, 0.25) is 0 Å². The Morgan fingerprint density at radius 1 is 0.691 bits per heavy atom. The summed E-state index contributed by atoms with van der Waals surface area (Å²) >= 11 is 3.26. The van der Waals surface area contributed by atoms with Crippen LogP contribution in [-0.4, -0.2) is 41.0 Å². The number of hydrogen-bond acceptors (Lipinski definition) is 8. The maximum atomic E-state index is 13.0. The van der Waals surface area contributed by atoms with Gasteiger partial charge >= 0.3 is 11.8 Å². The van der Waals surface area contributed by atoms with Crippen LogP contribution in [0.15, 0.2) is 31.9 Å². The number of aromatic hydroxyl groups is 1. The number of aliphatic hydroxyl groups is 1. The number of carbonyl (C=O) groups excluding carboxylic acids is 2. The summed E-state index contributed by atoms with van der Waals surface area (Å²) in [5, 5.41) is 24.5. The zero-order valence-corrected chi connectivity index (χ0v) is 35.9. The number of ether oxygens (including phenoxy) is 2. The van der Waals surface area contributed by atoms with Crippen molar-refractivity contribution in [3.05, 3.63) is 38.7 Å². The highest BCUT2D eigenvalue weighted by atomic mass is 79.9. The van der Waals surface area contributed by atoms with Crippen LogP contribution in [-0.2, 0) is 20.9 Å². The topological polar surface area (TPSA) is 135 Å². The molecule has 314 valence electrons. The second kappa shape index (κ2) is 31.5. The molecule has 9 nitrogen and oxygen atoms in total. The van der Waals surface area contributed by atoms with Gasteiger partial charge in [-0.3, -0.25) is 4.79 Å². The van der Waals surface area contributed by atoms with Gasteiger partial charge in [0.25, 0.3) is 0 Å². The summed E-state index contributed by atoms with van der Waals surface area (Å²) in [5.41, 5.74) is -0.111. The van der Waals surface area contributed by atoms with Crippen molar-refractivity contribution < 1.29 is 33.7 Å². The molecule has 0 saturated carbocycles. The molecule has 0 radical (unpaired) electrons. The predicted octanol–water partition coefficient (Wildman–Crippen LogP) is 12.7. The van der Waals surface area contributed by atoms with Crippen LogP contribution < -0.4 is 10.9 Å². The molecule has 55 heavy (non-hydrogen) atoms. The van der Waals surface area contributed by atoms with Crippen LogP contribution >= 0.6 is 15.9 Å². The molecule has 0 bridgehead atoms. The van der Waals surface area contributed by atoms with E-state index in [9.17, 15) is 24.6 Å². The molecular weight excluding hydrogens is 762 g/mol. The number of rotatable bonds is 34. The molecule has 2 aromatic rings. The zero-order chi connectivity index (χ0) is 39.9. The normalized spacial score (nSPS) is 12.5. The molecule has 0 aliphatic rings. The number of halogens is 1. The monoisotopic (exact) mass is 835 g/mol. The molecule has 0 spiro atoms. The average Bonchev–Trinajstić information content (AvgIpc) is 3.16. The number of benzene rings is 1. The number of phenols is 1. The van der Waals surface area contributed by atoms with Crippen molar-refractivity contribution in [2.24, 2.45) is 0 Å². The molecule has 2 atom stereocenters. The number of nitrogens with one attached hydrogen (secondary N) is 1. The fourth-order valence-electron chi connectivity index (χ4n) is 7.10. The first-order chi connectivity index (χ1) is 26.7. The van der Waals surface area contributed by atoms with E-state index >= 15 is 0 Å². The molecule has 0 unspecified atom stereocenters. The smallest absolute Gasteiger partial charge is 0.507 e. The molecule has 1 heterocycles. The van der Waals surface area contributed by atoms with Crippen molar-refractivity contribution in [3.63, 3.8) is 0 Å². The fraction of sp³-hybridized carbons (Fsp3) is 0.756. The lowest BCUT2D eigenvalue weighted by atomic mass is 10.0. The van der Waals surface area contributed by atoms with E-state index in [0.29, 0.717) is 28.3 Å². The Morgan fingerprint density at radius 2 is 1.16 bits per heavy atom. The summed E-state index contributed by atoms with van der Waals surface area (Å²) in [4.78, 5) is 37.7. The number of carbonyl (C=O) groups is 2. The summed E-state index contributed by atoms with van der Waals surface area (Å²) in [7, 11) is 0. The Balaban J connectivity index is 1.76.